The van der Waals surface area contributed by atoms with Crippen LogP contribution in [0.15, 0.2) is 30.3 Å². The van der Waals surface area contributed by atoms with Crippen LogP contribution in [-0.4, -0.2) is 58.9 Å². The Morgan fingerprint density at radius 1 is 0.808 bits per heavy atom. The molecule has 2 rings (SSSR count). The minimum absolute atomic E-state index is 0.0639. The lowest BCUT2D eigenvalue weighted by Gasteiger charge is -2.22. The number of aliphatic carboxylic acids is 1. The largest absolute Gasteiger partial charge is 0.481 e. The van der Waals surface area contributed by atoms with Crippen molar-refractivity contribution in [3.05, 3.63) is 35.9 Å². The summed E-state index contributed by atoms with van der Waals surface area (Å²) in [5, 5.41) is 8.63. The second kappa shape index (κ2) is 10.6. The molecular formula is C20H28N2O4. The number of carboxylic acids is 1. The fourth-order valence-electron chi connectivity index (χ4n) is 3.18. The molecule has 0 radical (unpaired) electrons. The van der Waals surface area contributed by atoms with E-state index in [0.717, 1.165) is 18.4 Å². The van der Waals surface area contributed by atoms with Crippen molar-refractivity contribution < 1.29 is 19.5 Å². The lowest BCUT2D eigenvalue weighted by Crippen LogP contribution is -2.37. The third kappa shape index (κ3) is 6.86. The van der Waals surface area contributed by atoms with Crippen molar-refractivity contribution in [3.63, 3.8) is 0 Å². The monoisotopic (exact) mass is 360 g/mol. The summed E-state index contributed by atoms with van der Waals surface area (Å²) in [7, 11) is 0. The predicted octanol–water partition coefficient (Wildman–Crippen LogP) is 2.33. The van der Waals surface area contributed by atoms with E-state index >= 15 is 0 Å². The quantitative estimate of drug-likeness (QED) is 0.722. The minimum atomic E-state index is -0.822. The van der Waals surface area contributed by atoms with Crippen molar-refractivity contribution in [1.82, 2.24) is 9.80 Å². The van der Waals surface area contributed by atoms with Gasteiger partial charge in [-0.1, -0.05) is 30.3 Å². The van der Waals surface area contributed by atoms with Crippen LogP contribution < -0.4 is 0 Å². The maximum absolute atomic E-state index is 12.4. The first-order valence-corrected chi connectivity index (χ1v) is 9.37. The fraction of sp³-hybridized carbons (Fsp3) is 0.550. The highest BCUT2D eigenvalue weighted by molar-refractivity contribution is 5.78. The normalized spacial score (nSPS) is 14.8. The van der Waals surface area contributed by atoms with E-state index < -0.39 is 5.97 Å². The molecule has 2 amide bonds. The maximum atomic E-state index is 12.4. The number of rotatable bonds is 8. The zero-order valence-electron chi connectivity index (χ0n) is 15.2. The topological polar surface area (TPSA) is 77.9 Å². The second-order valence-electron chi connectivity index (χ2n) is 6.70. The minimum Gasteiger partial charge on any atom is -0.481 e. The van der Waals surface area contributed by atoms with Gasteiger partial charge < -0.3 is 14.9 Å². The SMILES string of the molecule is O=C(O)CCCCC(=O)N1CCCN(C(=O)CCc2ccccc2)CC1. The van der Waals surface area contributed by atoms with Gasteiger partial charge in [0.25, 0.3) is 0 Å². The van der Waals surface area contributed by atoms with Gasteiger partial charge in [0.15, 0.2) is 0 Å². The molecule has 0 bridgehead atoms. The molecule has 1 fully saturated rings. The van der Waals surface area contributed by atoms with Crippen LogP contribution in [0, 0.1) is 0 Å². The Morgan fingerprint density at radius 3 is 2.00 bits per heavy atom. The number of benzene rings is 1. The van der Waals surface area contributed by atoms with Crippen molar-refractivity contribution in [2.24, 2.45) is 0 Å². The summed E-state index contributed by atoms with van der Waals surface area (Å²) in [6, 6.07) is 9.98. The molecule has 0 unspecified atom stereocenters. The van der Waals surface area contributed by atoms with Crippen LogP contribution >= 0.6 is 0 Å². The maximum Gasteiger partial charge on any atom is 0.303 e. The molecule has 1 aliphatic rings. The first-order valence-electron chi connectivity index (χ1n) is 9.37. The summed E-state index contributed by atoms with van der Waals surface area (Å²) in [4.78, 5) is 38.9. The van der Waals surface area contributed by atoms with Gasteiger partial charge >= 0.3 is 5.97 Å². The summed E-state index contributed by atoms with van der Waals surface area (Å²) in [6.45, 7) is 2.50. The Kier molecular flexibility index (Phi) is 8.12. The van der Waals surface area contributed by atoms with Crippen LogP contribution in [0.4, 0.5) is 0 Å². The molecule has 1 aromatic rings. The molecule has 1 heterocycles. The van der Waals surface area contributed by atoms with Crippen LogP contribution in [0.25, 0.3) is 0 Å². The second-order valence-corrected chi connectivity index (χ2v) is 6.70. The standard InChI is InChI=1S/C20H28N2O4/c23-18(9-4-5-10-20(25)26)21-13-6-14-22(16-15-21)19(24)12-11-17-7-2-1-3-8-17/h1-3,7-8H,4-6,9-16H2,(H,25,26). The van der Waals surface area contributed by atoms with Gasteiger partial charge in [0, 0.05) is 45.4 Å². The highest BCUT2D eigenvalue weighted by atomic mass is 16.4. The number of hydrogen-bond donors (Lipinski definition) is 1. The molecule has 6 heteroatoms. The molecule has 0 spiro atoms. The number of aryl methyl sites for hydroxylation is 1. The highest BCUT2D eigenvalue weighted by Gasteiger charge is 2.21. The number of nitrogens with zero attached hydrogens (tertiary/aromatic N) is 2. The molecule has 1 N–H and O–H groups in total. The number of carboxylic acid groups (broad SMARTS) is 1. The Hall–Kier alpha value is -2.37. The molecule has 0 aliphatic carbocycles. The molecular weight excluding hydrogens is 332 g/mol. The number of amides is 2. The van der Waals surface area contributed by atoms with Gasteiger partial charge in [-0.05, 0) is 31.2 Å². The summed E-state index contributed by atoms with van der Waals surface area (Å²) in [5.74, 6) is -0.615. The molecule has 26 heavy (non-hydrogen) atoms. The predicted molar refractivity (Wildman–Crippen MR) is 98.6 cm³/mol. The van der Waals surface area contributed by atoms with E-state index in [1.807, 2.05) is 40.1 Å². The van der Waals surface area contributed by atoms with Gasteiger partial charge in [0.2, 0.25) is 11.8 Å². The van der Waals surface area contributed by atoms with Crippen LogP contribution in [0.5, 0.6) is 0 Å². The Bertz CT molecular complexity index is 603. The Balaban J connectivity index is 1.71. The van der Waals surface area contributed by atoms with Gasteiger partial charge in [0.05, 0.1) is 0 Å². The van der Waals surface area contributed by atoms with Crippen LogP contribution in [0.3, 0.4) is 0 Å². The summed E-state index contributed by atoms with van der Waals surface area (Å²) < 4.78 is 0. The van der Waals surface area contributed by atoms with Crippen molar-refractivity contribution in [2.75, 3.05) is 26.2 Å². The summed E-state index contributed by atoms with van der Waals surface area (Å²) in [5.41, 5.74) is 1.16. The van der Waals surface area contributed by atoms with Crippen molar-refractivity contribution in [1.29, 1.82) is 0 Å². The van der Waals surface area contributed by atoms with E-state index in [-0.39, 0.29) is 18.2 Å². The molecule has 0 aromatic heterocycles. The third-order valence-electron chi connectivity index (χ3n) is 4.70. The van der Waals surface area contributed by atoms with Gasteiger partial charge in [0.1, 0.15) is 0 Å². The zero-order valence-corrected chi connectivity index (χ0v) is 15.2. The Labute approximate surface area is 154 Å². The first-order chi connectivity index (χ1) is 12.6. The lowest BCUT2D eigenvalue weighted by molar-refractivity contribution is -0.137. The Morgan fingerprint density at radius 2 is 1.38 bits per heavy atom. The molecule has 1 aliphatic heterocycles. The van der Waals surface area contributed by atoms with E-state index in [1.165, 1.54) is 0 Å². The van der Waals surface area contributed by atoms with Gasteiger partial charge in [-0.3, -0.25) is 14.4 Å². The van der Waals surface area contributed by atoms with Gasteiger partial charge in [-0.15, -0.1) is 0 Å². The fourth-order valence-corrected chi connectivity index (χ4v) is 3.18. The zero-order chi connectivity index (χ0) is 18.8. The smallest absolute Gasteiger partial charge is 0.303 e. The first kappa shape index (κ1) is 19.9. The summed E-state index contributed by atoms with van der Waals surface area (Å²) in [6.07, 6.45) is 3.64. The van der Waals surface area contributed by atoms with E-state index in [0.29, 0.717) is 51.9 Å². The summed E-state index contributed by atoms with van der Waals surface area (Å²) >= 11 is 0. The van der Waals surface area contributed by atoms with Crippen LogP contribution in [0.1, 0.15) is 44.1 Å². The molecule has 0 saturated carbocycles. The van der Waals surface area contributed by atoms with Crippen molar-refractivity contribution in [3.8, 4) is 0 Å². The molecule has 6 nitrogen and oxygen atoms in total. The number of hydrogen-bond acceptors (Lipinski definition) is 3. The number of carbonyl (C=O) groups excluding carboxylic acids is 2. The highest BCUT2D eigenvalue weighted by Crippen LogP contribution is 2.11. The van der Waals surface area contributed by atoms with Crippen molar-refractivity contribution >= 4 is 17.8 Å². The average Bonchev–Trinajstić information content (AvgIpc) is 2.90. The van der Waals surface area contributed by atoms with Gasteiger partial charge in [-0.25, -0.2) is 0 Å². The van der Waals surface area contributed by atoms with E-state index in [4.69, 9.17) is 5.11 Å². The van der Waals surface area contributed by atoms with Crippen molar-refractivity contribution in [2.45, 2.75) is 44.9 Å². The van der Waals surface area contributed by atoms with Crippen LogP contribution in [0.2, 0.25) is 0 Å². The lowest BCUT2D eigenvalue weighted by atomic mass is 10.1. The van der Waals surface area contributed by atoms with E-state index in [2.05, 4.69) is 0 Å². The van der Waals surface area contributed by atoms with E-state index in [9.17, 15) is 14.4 Å². The molecule has 142 valence electrons. The van der Waals surface area contributed by atoms with Crippen LogP contribution in [-0.2, 0) is 20.8 Å². The number of carbonyl (C=O) groups is 3. The third-order valence-corrected chi connectivity index (χ3v) is 4.70. The molecule has 1 saturated heterocycles. The van der Waals surface area contributed by atoms with E-state index in [1.54, 1.807) is 0 Å². The average molecular weight is 360 g/mol. The number of unbranched alkanes of at least 4 members (excludes halogenated alkanes) is 1. The molecule has 0 atom stereocenters. The van der Waals surface area contributed by atoms with Gasteiger partial charge in [-0.2, -0.15) is 0 Å². The molecule has 1 aromatic carbocycles.